The molecule has 1 amide bonds. The number of hydrogen-bond acceptors (Lipinski definition) is 8. The lowest BCUT2D eigenvalue weighted by atomic mass is 9.93. The molecule has 2 aromatic carbocycles. The molecule has 4 atom stereocenters. The van der Waals surface area contributed by atoms with Gasteiger partial charge in [-0.25, -0.2) is 19.2 Å². The predicted molar refractivity (Wildman–Crippen MR) is 178 cm³/mol. The van der Waals surface area contributed by atoms with E-state index in [0.717, 1.165) is 5.56 Å². The first-order chi connectivity index (χ1) is 24.0. The molecule has 5 aromatic rings. The fourth-order valence-corrected chi connectivity index (χ4v) is 7.86. The molecular weight excluding hydrogens is 653 g/mol. The number of hydrogen-bond donors (Lipinski definition) is 1. The highest BCUT2D eigenvalue weighted by atomic mass is 19.3. The number of carboxylic acids is 1. The van der Waals surface area contributed by atoms with Crippen LogP contribution in [0.4, 0.5) is 19.0 Å². The molecule has 0 unspecified atom stereocenters. The number of alkyl halides is 2. The van der Waals surface area contributed by atoms with Crippen molar-refractivity contribution in [3.63, 3.8) is 0 Å². The number of furan rings is 1. The van der Waals surface area contributed by atoms with Crippen LogP contribution in [0, 0.1) is 18.7 Å². The van der Waals surface area contributed by atoms with Gasteiger partial charge in [0.15, 0.2) is 11.4 Å². The maximum absolute atomic E-state index is 16.0. The molecule has 0 saturated carbocycles. The third-order valence-electron chi connectivity index (χ3n) is 10.4. The van der Waals surface area contributed by atoms with Crippen molar-refractivity contribution in [1.29, 1.82) is 0 Å². The second kappa shape index (κ2) is 12.2. The number of halogens is 3. The summed E-state index contributed by atoms with van der Waals surface area (Å²) in [5.74, 6) is -5.87. The maximum Gasteiger partial charge on any atom is 0.326 e. The molecule has 1 N–H and O–H groups in total. The average molecular weight is 691 g/mol. The Kier molecular flexibility index (Phi) is 7.87. The van der Waals surface area contributed by atoms with Crippen LogP contribution >= 0.6 is 0 Å². The number of rotatable bonds is 1. The summed E-state index contributed by atoms with van der Waals surface area (Å²) in [4.78, 5) is 42.6. The van der Waals surface area contributed by atoms with Crippen LogP contribution in [0.5, 0.6) is 6.01 Å². The lowest BCUT2D eigenvalue weighted by Crippen LogP contribution is -2.43. The fraction of sp³-hybridized carbons (Fsp3) is 0.472. The number of carbonyl (C=O) groups is 2. The van der Waals surface area contributed by atoms with Gasteiger partial charge in [0.25, 0.3) is 6.01 Å². The Balaban J connectivity index is 1.27. The minimum Gasteiger partial charge on any atom is -0.480 e. The van der Waals surface area contributed by atoms with Crippen LogP contribution in [0.2, 0.25) is 0 Å². The van der Waals surface area contributed by atoms with Gasteiger partial charge < -0.3 is 24.1 Å². The standard InChI is InChI=1S/C36H37F3N6O5/c1-19-7-9-23-28(14-19)50-31-30(23)41-34-36(38,39)12-5-3-4-6-29(46)43-13-11-25(20(2)17-43)45-26-10-8-21(37)15-24(26)40-35(45)49-22-16-27(33(47)48)44(18-22)32(31)42-34/h7-10,14-15,20,22,25,27H,3-6,11-13,16-18H2,1-2H3,(H,47,48)/t20-,22-,25-,27-/m0/s1. The van der Waals surface area contributed by atoms with Crippen LogP contribution < -0.4 is 9.64 Å². The van der Waals surface area contributed by atoms with Gasteiger partial charge in [0.05, 0.1) is 17.6 Å². The second-order valence-corrected chi connectivity index (χ2v) is 14.0. The van der Waals surface area contributed by atoms with Crippen LogP contribution in [0.25, 0.3) is 33.1 Å². The third kappa shape index (κ3) is 5.58. The third-order valence-corrected chi connectivity index (χ3v) is 10.4. The van der Waals surface area contributed by atoms with Crippen LogP contribution in [0.1, 0.15) is 69.3 Å². The first kappa shape index (κ1) is 32.3. The summed E-state index contributed by atoms with van der Waals surface area (Å²) in [5.41, 5.74) is 2.64. The van der Waals surface area contributed by atoms with E-state index in [2.05, 4.69) is 15.0 Å². The van der Waals surface area contributed by atoms with Gasteiger partial charge in [0.1, 0.15) is 29.1 Å². The number of imidazole rings is 1. The molecule has 9 rings (SSSR count). The number of anilines is 1. The monoisotopic (exact) mass is 690 g/mol. The minimum atomic E-state index is -3.44. The lowest BCUT2D eigenvalue weighted by Gasteiger charge is -2.38. The van der Waals surface area contributed by atoms with Gasteiger partial charge in [-0.2, -0.15) is 13.8 Å². The summed E-state index contributed by atoms with van der Waals surface area (Å²) in [6.07, 6.45) is 0.592. The van der Waals surface area contributed by atoms with Crippen LogP contribution in [-0.2, 0) is 15.5 Å². The number of aryl methyl sites for hydroxylation is 1. The first-order valence-corrected chi connectivity index (χ1v) is 17.2. The second-order valence-electron chi connectivity index (χ2n) is 14.0. The van der Waals surface area contributed by atoms with E-state index in [1.807, 2.05) is 29.4 Å². The molecule has 2 fully saturated rings. The van der Waals surface area contributed by atoms with E-state index in [1.54, 1.807) is 18.2 Å². The van der Waals surface area contributed by atoms with Gasteiger partial charge in [-0.3, -0.25) is 9.36 Å². The SMILES string of the molecule is Cc1ccc2c(c1)oc1c3nc(nc12)C(F)(F)CCCCCC(=O)N1CC[C@@H]([C@@H](C)C1)n1c(nc2cc(F)ccc21)O[C@H]1C[C@@H](C(=O)O)N3C1. The van der Waals surface area contributed by atoms with E-state index in [1.165, 1.54) is 17.0 Å². The Labute approximate surface area is 285 Å². The Morgan fingerprint density at radius 2 is 1.90 bits per heavy atom. The Hall–Kier alpha value is -4.88. The number of ether oxygens (including phenoxy) is 1. The number of carbonyl (C=O) groups excluding carboxylic acids is 1. The van der Waals surface area contributed by atoms with Gasteiger partial charge in [-0.15, -0.1) is 0 Å². The maximum atomic E-state index is 16.0. The van der Waals surface area contributed by atoms with Crippen molar-refractivity contribution in [2.45, 2.75) is 82.9 Å². The summed E-state index contributed by atoms with van der Waals surface area (Å²) in [7, 11) is 0. The Bertz CT molecular complexity index is 2150. The highest BCUT2D eigenvalue weighted by Gasteiger charge is 2.44. The quantitative estimate of drug-likeness (QED) is 0.203. The van der Waals surface area contributed by atoms with Crippen molar-refractivity contribution < 1.29 is 37.0 Å². The zero-order valence-corrected chi connectivity index (χ0v) is 27.7. The number of fused-ring (bicyclic) bond motifs is 12. The Morgan fingerprint density at radius 1 is 1.06 bits per heavy atom. The van der Waals surface area contributed by atoms with Crippen LogP contribution in [0.15, 0.2) is 40.8 Å². The largest absolute Gasteiger partial charge is 0.480 e. The highest BCUT2D eigenvalue weighted by molar-refractivity contribution is 6.06. The van der Waals surface area contributed by atoms with Gasteiger partial charge in [0.2, 0.25) is 11.7 Å². The zero-order chi connectivity index (χ0) is 34.9. The summed E-state index contributed by atoms with van der Waals surface area (Å²) < 4.78 is 61.0. The topological polar surface area (TPSA) is 127 Å². The van der Waals surface area contributed by atoms with E-state index in [4.69, 9.17) is 9.15 Å². The number of piperidine rings is 1. The smallest absolute Gasteiger partial charge is 0.326 e. The summed E-state index contributed by atoms with van der Waals surface area (Å²) in [6.45, 7) is 4.87. The molecule has 7 heterocycles. The van der Waals surface area contributed by atoms with Crippen molar-refractivity contribution in [2.75, 3.05) is 24.5 Å². The van der Waals surface area contributed by atoms with Gasteiger partial charge >= 0.3 is 11.9 Å². The Morgan fingerprint density at radius 3 is 2.70 bits per heavy atom. The van der Waals surface area contributed by atoms with Crippen LogP contribution in [0.3, 0.4) is 0 Å². The van der Waals surface area contributed by atoms with Crippen LogP contribution in [-0.4, -0.2) is 73.2 Å². The molecule has 50 heavy (non-hydrogen) atoms. The number of amides is 1. The molecule has 6 bridgehead atoms. The molecule has 2 saturated heterocycles. The van der Waals surface area contributed by atoms with E-state index in [0.29, 0.717) is 54.4 Å². The van der Waals surface area contributed by atoms with Crippen molar-refractivity contribution >= 4 is 50.8 Å². The van der Waals surface area contributed by atoms with E-state index in [9.17, 15) is 19.1 Å². The van der Waals surface area contributed by atoms with Gasteiger partial charge in [-0.1, -0.05) is 19.4 Å². The summed E-state index contributed by atoms with van der Waals surface area (Å²) >= 11 is 0. The van der Waals surface area contributed by atoms with E-state index < -0.39 is 42.1 Å². The zero-order valence-electron chi connectivity index (χ0n) is 27.7. The summed E-state index contributed by atoms with van der Waals surface area (Å²) in [6, 6.07) is 8.57. The summed E-state index contributed by atoms with van der Waals surface area (Å²) in [5, 5.41) is 10.9. The van der Waals surface area contributed by atoms with Gasteiger partial charge in [-0.05, 0) is 61.9 Å². The van der Waals surface area contributed by atoms with Crippen molar-refractivity contribution in [3.8, 4) is 6.01 Å². The normalized spacial score (nSPS) is 24.5. The molecule has 0 aliphatic carbocycles. The highest BCUT2D eigenvalue weighted by Crippen LogP contribution is 2.42. The number of aromatic nitrogens is 4. The first-order valence-electron chi connectivity index (χ1n) is 17.2. The predicted octanol–water partition coefficient (Wildman–Crippen LogP) is 6.75. The number of carboxylic acid groups (broad SMARTS) is 1. The molecular formula is C36H37F3N6O5. The van der Waals surface area contributed by atoms with Crippen molar-refractivity contribution in [1.82, 2.24) is 24.4 Å². The molecule has 0 radical (unpaired) electrons. The molecule has 0 spiro atoms. The van der Waals surface area contributed by atoms with Crippen molar-refractivity contribution in [3.05, 3.63) is 53.6 Å². The molecule has 11 nitrogen and oxygen atoms in total. The molecule has 3 aromatic heterocycles. The van der Waals surface area contributed by atoms with Gasteiger partial charge in [0, 0.05) is 49.8 Å². The van der Waals surface area contributed by atoms with E-state index in [-0.39, 0.29) is 66.6 Å². The van der Waals surface area contributed by atoms with E-state index >= 15 is 8.78 Å². The van der Waals surface area contributed by atoms with Crippen molar-refractivity contribution in [2.24, 2.45) is 5.92 Å². The number of nitrogens with zero attached hydrogens (tertiary/aromatic N) is 6. The fourth-order valence-electron chi connectivity index (χ4n) is 7.86. The average Bonchev–Trinajstić information content (AvgIpc) is 3.76. The molecule has 4 aliphatic heterocycles. The molecule has 4 aliphatic rings. The minimum absolute atomic E-state index is 0.00798. The molecule has 262 valence electrons. The number of aliphatic carboxylic acids is 1. The lowest BCUT2D eigenvalue weighted by molar-refractivity contribution is -0.138. The number of benzene rings is 2. The molecule has 14 heteroatoms.